The lowest BCUT2D eigenvalue weighted by Gasteiger charge is -2.23. The average Bonchev–Trinajstić information content (AvgIpc) is 2.79. The Bertz CT molecular complexity index is 1220. The van der Waals surface area contributed by atoms with Crippen LogP contribution in [0, 0.1) is 5.92 Å². The first-order valence-corrected chi connectivity index (χ1v) is 12.9. The Hall–Kier alpha value is -2.81. The van der Waals surface area contributed by atoms with Crippen molar-refractivity contribution in [1.29, 1.82) is 0 Å². The van der Waals surface area contributed by atoms with Gasteiger partial charge in [-0.05, 0) is 41.3 Å². The Labute approximate surface area is 188 Å². The maximum Gasteiger partial charge on any atom is 0.256 e. The molecule has 32 heavy (non-hydrogen) atoms. The maximum absolute atomic E-state index is 15.7. The minimum Gasteiger partial charge on any atom is -0.210 e. The number of rotatable bonds is 8. The molecule has 0 aliphatic carbocycles. The minimum absolute atomic E-state index is 0.238. The van der Waals surface area contributed by atoms with Gasteiger partial charge in [-0.25, -0.2) is 21.2 Å². The number of nitrogens with zero attached hydrogens (tertiary/aromatic N) is 1. The van der Waals surface area contributed by atoms with Gasteiger partial charge in [0.05, 0.1) is 16.3 Å². The Morgan fingerprint density at radius 1 is 0.719 bits per heavy atom. The van der Waals surface area contributed by atoms with E-state index in [0.29, 0.717) is 5.56 Å². The van der Waals surface area contributed by atoms with Crippen molar-refractivity contribution < 1.29 is 21.2 Å². The number of sulfonamides is 2. The fourth-order valence-corrected chi connectivity index (χ4v) is 6.93. The second-order valence-corrected chi connectivity index (χ2v) is 11.4. The summed E-state index contributed by atoms with van der Waals surface area (Å²) in [6, 6.07) is 23.0. The minimum atomic E-state index is -4.57. The third-order valence-corrected chi connectivity index (χ3v) is 9.08. The van der Waals surface area contributed by atoms with Crippen LogP contribution in [-0.4, -0.2) is 27.1 Å². The second kappa shape index (κ2) is 9.77. The first-order chi connectivity index (χ1) is 15.2. The molecule has 0 atom stereocenters. The molecule has 0 fully saturated rings. The molecule has 0 radical (unpaired) electrons. The molecule has 0 aromatic heterocycles. The van der Waals surface area contributed by atoms with Crippen LogP contribution in [0.2, 0.25) is 0 Å². The van der Waals surface area contributed by atoms with Crippen molar-refractivity contribution >= 4 is 25.6 Å². The van der Waals surface area contributed by atoms with Crippen molar-refractivity contribution in [3.8, 4) is 0 Å². The smallest absolute Gasteiger partial charge is 0.210 e. The van der Waals surface area contributed by atoms with E-state index in [2.05, 4.69) is 0 Å². The fourth-order valence-electron chi connectivity index (χ4n) is 3.34. The molecule has 3 rings (SSSR count). The molecule has 3 aromatic carbocycles. The second-order valence-electron chi connectivity index (χ2n) is 7.41. The number of hydrogen-bond acceptors (Lipinski definition) is 4. The summed E-state index contributed by atoms with van der Waals surface area (Å²) in [6.45, 7) is 2.59. The van der Waals surface area contributed by atoms with Gasteiger partial charge in [-0.3, -0.25) is 0 Å². The molecule has 0 aliphatic heterocycles. The van der Waals surface area contributed by atoms with Crippen LogP contribution in [0.1, 0.15) is 19.4 Å². The Morgan fingerprint density at radius 2 is 1.09 bits per heavy atom. The van der Waals surface area contributed by atoms with Crippen LogP contribution in [0.15, 0.2) is 107 Å². The van der Waals surface area contributed by atoms with Gasteiger partial charge in [0.15, 0.2) is 0 Å². The number of hydrogen-bond donors (Lipinski definition) is 0. The van der Waals surface area contributed by atoms with Gasteiger partial charge in [0.1, 0.15) is 5.83 Å². The van der Waals surface area contributed by atoms with Crippen LogP contribution in [0.4, 0.5) is 4.39 Å². The molecule has 0 spiro atoms. The zero-order valence-corrected chi connectivity index (χ0v) is 19.4. The van der Waals surface area contributed by atoms with Gasteiger partial charge in [-0.1, -0.05) is 84.3 Å². The zero-order chi connectivity index (χ0) is 23.4. The molecule has 5 nitrogen and oxygen atoms in total. The quantitative estimate of drug-likeness (QED) is 0.456. The summed E-state index contributed by atoms with van der Waals surface area (Å²) in [5, 5.41) is 0. The van der Waals surface area contributed by atoms with E-state index in [1.807, 2.05) is 0 Å². The summed E-state index contributed by atoms with van der Waals surface area (Å²) < 4.78 is 69.4. The van der Waals surface area contributed by atoms with Crippen LogP contribution >= 0.6 is 0 Å². The molecule has 168 valence electrons. The molecule has 0 amide bonds. The lowest BCUT2D eigenvalue weighted by molar-refractivity contribution is 0.480. The van der Waals surface area contributed by atoms with E-state index >= 15 is 4.39 Å². The van der Waals surface area contributed by atoms with Crippen LogP contribution < -0.4 is 0 Å². The summed E-state index contributed by atoms with van der Waals surface area (Å²) in [4.78, 5) is -0.476. The van der Waals surface area contributed by atoms with Gasteiger partial charge in [0.2, 0.25) is 0 Å². The monoisotopic (exact) mass is 473 g/mol. The molecule has 0 N–H and O–H groups in total. The molecule has 3 aromatic rings. The highest BCUT2D eigenvalue weighted by Crippen LogP contribution is 2.31. The van der Waals surface area contributed by atoms with Crippen molar-refractivity contribution in [2.45, 2.75) is 23.6 Å². The van der Waals surface area contributed by atoms with Crippen molar-refractivity contribution in [3.63, 3.8) is 0 Å². The standard InChI is InChI=1S/C24H24FNO4S2/c1-19(2)24(20-12-6-3-7-13-20)23(25)18-26(31(27,28)21-14-8-4-9-15-21)32(29,30)22-16-10-5-11-17-22/h3-17,19H,18H2,1-2H3/b24-23+. The summed E-state index contributed by atoms with van der Waals surface area (Å²) in [5.74, 6) is -1.14. The highest BCUT2D eigenvalue weighted by molar-refractivity contribution is 8.04. The number of allylic oxidation sites excluding steroid dienone is 1. The molecule has 0 unspecified atom stereocenters. The molecule has 8 heteroatoms. The predicted molar refractivity (Wildman–Crippen MR) is 123 cm³/mol. The Morgan fingerprint density at radius 3 is 1.47 bits per heavy atom. The van der Waals surface area contributed by atoms with Crippen molar-refractivity contribution in [1.82, 2.24) is 3.71 Å². The SMILES string of the molecule is CC(C)/C(=C(\F)CN(S(=O)(=O)c1ccccc1)S(=O)(=O)c1ccccc1)c1ccccc1. The van der Waals surface area contributed by atoms with E-state index in [0.717, 1.165) is 0 Å². The van der Waals surface area contributed by atoms with E-state index in [1.165, 1.54) is 48.5 Å². The van der Waals surface area contributed by atoms with E-state index in [4.69, 9.17) is 0 Å². The van der Waals surface area contributed by atoms with E-state index in [9.17, 15) is 16.8 Å². The van der Waals surface area contributed by atoms with Gasteiger partial charge in [0.25, 0.3) is 20.0 Å². The summed E-state index contributed by atoms with van der Waals surface area (Å²) >= 11 is 0. The van der Waals surface area contributed by atoms with E-state index in [1.54, 1.807) is 56.3 Å². The third kappa shape index (κ3) is 4.98. The fraction of sp³-hybridized carbons (Fsp3) is 0.167. The lowest BCUT2D eigenvalue weighted by Crippen LogP contribution is -2.38. The van der Waals surface area contributed by atoms with Crippen molar-refractivity contribution in [2.75, 3.05) is 6.54 Å². The van der Waals surface area contributed by atoms with Crippen LogP contribution in [-0.2, 0) is 20.0 Å². The molecular formula is C24H24FNO4S2. The molecule has 0 saturated heterocycles. The zero-order valence-electron chi connectivity index (χ0n) is 17.7. The maximum atomic E-state index is 15.7. The van der Waals surface area contributed by atoms with Gasteiger partial charge in [-0.15, -0.1) is 0 Å². The highest BCUT2D eigenvalue weighted by atomic mass is 32.3. The van der Waals surface area contributed by atoms with Crippen LogP contribution in [0.3, 0.4) is 0 Å². The van der Waals surface area contributed by atoms with Crippen LogP contribution in [0.25, 0.3) is 5.57 Å². The highest BCUT2D eigenvalue weighted by Gasteiger charge is 2.38. The van der Waals surface area contributed by atoms with E-state index in [-0.39, 0.29) is 25.0 Å². The van der Waals surface area contributed by atoms with E-state index < -0.39 is 32.4 Å². The van der Waals surface area contributed by atoms with Gasteiger partial charge in [0, 0.05) is 0 Å². The lowest BCUT2D eigenvalue weighted by atomic mass is 9.94. The van der Waals surface area contributed by atoms with Gasteiger partial charge in [-0.2, -0.15) is 0 Å². The Kier molecular flexibility index (Phi) is 7.28. The normalized spacial score (nSPS) is 13.3. The molecular weight excluding hydrogens is 449 g/mol. The van der Waals surface area contributed by atoms with Gasteiger partial charge >= 0.3 is 0 Å². The molecule has 0 aliphatic rings. The summed E-state index contributed by atoms with van der Waals surface area (Å²) in [5.41, 5.74) is 0.816. The molecule has 0 saturated carbocycles. The number of benzene rings is 3. The topological polar surface area (TPSA) is 71.5 Å². The average molecular weight is 474 g/mol. The first kappa shape index (κ1) is 23.8. The van der Waals surface area contributed by atoms with Gasteiger partial charge < -0.3 is 0 Å². The third-order valence-electron chi connectivity index (χ3n) is 4.84. The summed E-state index contributed by atoms with van der Waals surface area (Å²) in [7, 11) is -9.14. The van der Waals surface area contributed by atoms with Crippen molar-refractivity contribution in [2.24, 2.45) is 5.92 Å². The predicted octanol–water partition coefficient (Wildman–Crippen LogP) is 5.10. The number of halogens is 1. The van der Waals surface area contributed by atoms with Crippen molar-refractivity contribution in [3.05, 3.63) is 102 Å². The molecule has 0 bridgehead atoms. The summed E-state index contributed by atoms with van der Waals surface area (Å²) in [6.07, 6.45) is 0. The Balaban J connectivity index is 2.20. The van der Waals surface area contributed by atoms with Crippen LogP contribution in [0.5, 0.6) is 0 Å². The molecule has 0 heterocycles. The first-order valence-electron chi connectivity index (χ1n) is 9.97. The largest absolute Gasteiger partial charge is 0.256 e.